The third-order valence-electron chi connectivity index (χ3n) is 2.83. The van der Waals surface area contributed by atoms with Gasteiger partial charge in [0.25, 0.3) is 11.1 Å². The summed E-state index contributed by atoms with van der Waals surface area (Å²) in [5.41, 5.74) is 0.533. The standard InChI is InChI=1S/C11H8N2O3/c14-9-3-1-2-8-7(9)6-12-10(15)4-5-11(16)13(8)12/h1-2,4-5H,3,6H2. The van der Waals surface area contributed by atoms with Gasteiger partial charge in [0.2, 0.25) is 0 Å². The van der Waals surface area contributed by atoms with E-state index in [9.17, 15) is 14.4 Å². The molecule has 16 heavy (non-hydrogen) atoms. The molecule has 0 amide bonds. The molecule has 1 aromatic rings. The minimum atomic E-state index is -0.288. The van der Waals surface area contributed by atoms with E-state index in [0.717, 1.165) is 0 Å². The maximum Gasteiger partial charge on any atom is 0.270 e. The van der Waals surface area contributed by atoms with E-state index < -0.39 is 0 Å². The van der Waals surface area contributed by atoms with E-state index in [1.165, 1.54) is 21.5 Å². The molecule has 0 saturated heterocycles. The zero-order chi connectivity index (χ0) is 11.3. The molecule has 5 nitrogen and oxygen atoms in total. The Labute approximate surface area is 89.9 Å². The third-order valence-corrected chi connectivity index (χ3v) is 2.83. The zero-order valence-corrected chi connectivity index (χ0v) is 8.34. The van der Waals surface area contributed by atoms with Gasteiger partial charge in [0.1, 0.15) is 0 Å². The van der Waals surface area contributed by atoms with Gasteiger partial charge in [-0.1, -0.05) is 6.08 Å². The fraction of sp³-hybridized carbons (Fsp3) is 0.182. The van der Waals surface area contributed by atoms with Crippen LogP contribution in [0.15, 0.2) is 39.4 Å². The van der Waals surface area contributed by atoms with Crippen LogP contribution in [0.3, 0.4) is 0 Å². The Bertz CT molecular complexity index is 673. The Morgan fingerprint density at radius 3 is 2.62 bits per heavy atom. The van der Waals surface area contributed by atoms with Gasteiger partial charge in [-0.2, -0.15) is 0 Å². The van der Waals surface area contributed by atoms with Crippen molar-refractivity contribution in [1.82, 2.24) is 9.36 Å². The lowest BCUT2D eigenvalue weighted by Gasteiger charge is -2.07. The summed E-state index contributed by atoms with van der Waals surface area (Å²) in [4.78, 5) is 34.8. The fourth-order valence-electron chi connectivity index (χ4n) is 2.08. The summed E-state index contributed by atoms with van der Waals surface area (Å²) in [5.74, 6) is -0.0208. The number of aromatic nitrogens is 2. The van der Waals surface area contributed by atoms with Crippen LogP contribution in [-0.2, 0) is 11.3 Å². The molecule has 1 aliphatic carbocycles. The van der Waals surface area contributed by atoms with Crippen LogP contribution in [0, 0.1) is 0 Å². The quantitative estimate of drug-likeness (QED) is 0.601. The molecular weight excluding hydrogens is 208 g/mol. The van der Waals surface area contributed by atoms with Crippen LogP contribution in [0.1, 0.15) is 6.42 Å². The molecule has 3 rings (SSSR count). The molecular formula is C11H8N2O3. The molecule has 0 radical (unpaired) electrons. The molecule has 0 spiro atoms. The lowest BCUT2D eigenvalue weighted by molar-refractivity contribution is -0.114. The number of hydrogen-bond acceptors (Lipinski definition) is 3. The van der Waals surface area contributed by atoms with E-state index in [1.807, 2.05) is 0 Å². The predicted molar refractivity (Wildman–Crippen MR) is 56.9 cm³/mol. The van der Waals surface area contributed by atoms with Crippen molar-refractivity contribution in [2.45, 2.75) is 13.0 Å². The number of rotatable bonds is 0. The summed E-state index contributed by atoms with van der Waals surface area (Å²) in [7, 11) is 0. The number of nitrogens with zero attached hydrogens (tertiary/aromatic N) is 2. The molecule has 0 N–H and O–H groups in total. The van der Waals surface area contributed by atoms with Crippen LogP contribution in [0.25, 0.3) is 5.70 Å². The van der Waals surface area contributed by atoms with Gasteiger partial charge in [-0.3, -0.25) is 14.4 Å². The molecule has 2 aliphatic rings. The Morgan fingerprint density at radius 2 is 1.81 bits per heavy atom. The van der Waals surface area contributed by atoms with E-state index in [1.54, 1.807) is 12.2 Å². The van der Waals surface area contributed by atoms with Crippen molar-refractivity contribution in [3.8, 4) is 0 Å². The van der Waals surface area contributed by atoms with Crippen LogP contribution in [0.5, 0.6) is 0 Å². The van der Waals surface area contributed by atoms with Gasteiger partial charge in [-0.05, 0) is 6.08 Å². The number of carbonyl (C=O) groups excluding carboxylic acids is 1. The van der Waals surface area contributed by atoms with Gasteiger partial charge in [0, 0.05) is 24.1 Å². The highest BCUT2D eigenvalue weighted by Crippen LogP contribution is 2.24. The minimum Gasteiger partial charge on any atom is -0.294 e. The number of allylic oxidation sites excluding steroid dienone is 4. The third kappa shape index (κ3) is 1.02. The first-order chi connectivity index (χ1) is 7.68. The van der Waals surface area contributed by atoms with E-state index in [2.05, 4.69) is 0 Å². The normalized spacial score (nSPS) is 17.6. The average molecular weight is 216 g/mol. The highest BCUT2D eigenvalue weighted by molar-refractivity contribution is 6.04. The number of ketones is 1. The number of fused-ring (bicyclic) bond motifs is 2. The van der Waals surface area contributed by atoms with Crippen molar-refractivity contribution in [3.63, 3.8) is 0 Å². The van der Waals surface area contributed by atoms with Crippen molar-refractivity contribution in [1.29, 1.82) is 0 Å². The predicted octanol–water partition coefficient (Wildman–Crippen LogP) is -0.236. The molecule has 1 aliphatic heterocycles. The molecule has 1 aromatic heterocycles. The highest BCUT2D eigenvalue weighted by Gasteiger charge is 2.27. The second kappa shape index (κ2) is 2.91. The molecule has 5 heteroatoms. The van der Waals surface area contributed by atoms with Gasteiger partial charge in [0.05, 0.1) is 12.2 Å². The van der Waals surface area contributed by atoms with Crippen molar-refractivity contribution in [2.75, 3.05) is 0 Å². The SMILES string of the molecule is O=C1CC=CC2=C1Cn1c(=O)ccc(=O)n12. The van der Waals surface area contributed by atoms with Crippen molar-refractivity contribution >= 4 is 11.5 Å². The molecule has 0 bridgehead atoms. The van der Waals surface area contributed by atoms with Gasteiger partial charge < -0.3 is 0 Å². The lowest BCUT2D eigenvalue weighted by atomic mass is 10.0. The topological polar surface area (TPSA) is 61.1 Å². The minimum absolute atomic E-state index is 0.0208. The smallest absolute Gasteiger partial charge is 0.270 e. The molecule has 0 saturated carbocycles. The van der Waals surface area contributed by atoms with Gasteiger partial charge in [-0.25, -0.2) is 9.36 Å². The van der Waals surface area contributed by atoms with E-state index in [4.69, 9.17) is 0 Å². The largest absolute Gasteiger partial charge is 0.294 e. The molecule has 2 heterocycles. The number of hydrogen-bond donors (Lipinski definition) is 0. The number of carbonyl (C=O) groups is 1. The second-order valence-electron chi connectivity index (χ2n) is 3.77. The lowest BCUT2D eigenvalue weighted by Crippen LogP contribution is -2.33. The zero-order valence-electron chi connectivity index (χ0n) is 8.34. The van der Waals surface area contributed by atoms with E-state index in [-0.39, 0.29) is 23.4 Å². The summed E-state index contributed by atoms with van der Waals surface area (Å²) in [6.45, 7) is 0.202. The molecule has 0 unspecified atom stereocenters. The van der Waals surface area contributed by atoms with Crippen LogP contribution in [-0.4, -0.2) is 15.1 Å². The summed E-state index contributed by atoms with van der Waals surface area (Å²) in [6.07, 6.45) is 3.78. The van der Waals surface area contributed by atoms with Gasteiger partial charge >= 0.3 is 0 Å². The Morgan fingerprint density at radius 1 is 1.06 bits per heavy atom. The fourth-order valence-corrected chi connectivity index (χ4v) is 2.08. The van der Waals surface area contributed by atoms with Crippen LogP contribution in [0.2, 0.25) is 0 Å². The maximum atomic E-state index is 11.6. The van der Waals surface area contributed by atoms with E-state index >= 15 is 0 Å². The first kappa shape index (κ1) is 9.08. The molecule has 0 fully saturated rings. The summed E-state index contributed by atoms with van der Waals surface area (Å²) in [5, 5.41) is 0. The summed E-state index contributed by atoms with van der Waals surface area (Å²) in [6, 6.07) is 2.45. The summed E-state index contributed by atoms with van der Waals surface area (Å²) >= 11 is 0. The molecule has 0 aromatic carbocycles. The molecule has 80 valence electrons. The maximum absolute atomic E-state index is 11.6. The molecule has 0 atom stereocenters. The first-order valence-corrected chi connectivity index (χ1v) is 4.95. The van der Waals surface area contributed by atoms with Crippen molar-refractivity contribution in [2.24, 2.45) is 0 Å². The summed E-state index contributed by atoms with van der Waals surface area (Å²) < 4.78 is 2.56. The van der Waals surface area contributed by atoms with Crippen LogP contribution < -0.4 is 11.1 Å². The second-order valence-corrected chi connectivity index (χ2v) is 3.77. The van der Waals surface area contributed by atoms with Crippen molar-refractivity contribution in [3.05, 3.63) is 50.6 Å². The van der Waals surface area contributed by atoms with Crippen molar-refractivity contribution < 1.29 is 4.79 Å². The van der Waals surface area contributed by atoms with Crippen LogP contribution in [0.4, 0.5) is 0 Å². The Balaban J connectivity index is 2.37. The van der Waals surface area contributed by atoms with Gasteiger partial charge in [-0.15, -0.1) is 0 Å². The Kier molecular flexibility index (Phi) is 1.65. The number of Topliss-reactive ketones (excluding diaryl/α,β-unsaturated/α-hetero) is 1. The van der Waals surface area contributed by atoms with Crippen LogP contribution >= 0.6 is 0 Å². The van der Waals surface area contributed by atoms with E-state index in [0.29, 0.717) is 17.7 Å². The highest BCUT2D eigenvalue weighted by atomic mass is 16.2. The monoisotopic (exact) mass is 216 g/mol. The average Bonchev–Trinajstić information content (AvgIpc) is 2.66. The Hall–Kier alpha value is -2.17. The first-order valence-electron chi connectivity index (χ1n) is 4.95. The van der Waals surface area contributed by atoms with Gasteiger partial charge in [0.15, 0.2) is 5.78 Å².